The van der Waals surface area contributed by atoms with Gasteiger partial charge in [0.2, 0.25) is 10.0 Å². The van der Waals surface area contributed by atoms with E-state index in [9.17, 15) is 32.9 Å². The van der Waals surface area contributed by atoms with Gasteiger partial charge in [-0.1, -0.05) is 30.3 Å². The third kappa shape index (κ3) is 5.77. The van der Waals surface area contributed by atoms with Crippen molar-refractivity contribution in [3.8, 4) is 0 Å². The van der Waals surface area contributed by atoms with Crippen molar-refractivity contribution in [3.63, 3.8) is 0 Å². The van der Waals surface area contributed by atoms with E-state index in [-0.39, 0.29) is 59.2 Å². The number of Topliss-reactive ketones (excluding diaryl/α,β-unsaturated/α-hetero) is 1. The first-order valence-electron chi connectivity index (χ1n) is 11.9. The van der Waals surface area contributed by atoms with Crippen LogP contribution in [-0.4, -0.2) is 72.5 Å². The third-order valence-corrected chi connectivity index (χ3v) is 9.16. The number of benzene rings is 3. The zero-order valence-electron chi connectivity index (χ0n) is 21.2. The number of hydrogen-bond donors (Lipinski definition) is 0. The number of amides is 1. The van der Waals surface area contributed by atoms with E-state index < -0.39 is 26.6 Å². The topological polar surface area (TPSA) is 135 Å². The van der Waals surface area contributed by atoms with Crippen LogP contribution in [0.25, 0.3) is 0 Å². The highest BCUT2D eigenvalue weighted by Crippen LogP contribution is 2.30. The van der Waals surface area contributed by atoms with Gasteiger partial charge in [0, 0.05) is 48.9 Å². The molecule has 0 bridgehead atoms. The number of nitrogens with zero attached hydrogens (tertiary/aromatic N) is 3. The van der Waals surface area contributed by atoms with E-state index in [0.29, 0.717) is 10.5 Å². The molecular formula is C27H25N3O7S2. The molecule has 0 aliphatic carbocycles. The van der Waals surface area contributed by atoms with Crippen LogP contribution in [0.3, 0.4) is 0 Å². The highest BCUT2D eigenvalue weighted by molar-refractivity contribution is 7.98. The molecule has 0 unspecified atom stereocenters. The molecule has 0 aromatic heterocycles. The summed E-state index contributed by atoms with van der Waals surface area (Å²) in [4.78, 5) is 51.1. The number of ketones is 2. The standard InChI is InChI=1S/C27H25N3O7S2/c1-18(31)19-7-10-21(11-8-19)39(36,37)29-15-13-28(14-16-29)27(33)23-6-4-3-5-22(23)26(32)20-9-12-25(38-2)24(17-20)30(34)35/h3-12,17H,13-16H2,1-2H3. The van der Waals surface area contributed by atoms with Gasteiger partial charge >= 0.3 is 0 Å². The Labute approximate surface area is 229 Å². The molecule has 0 spiro atoms. The molecule has 39 heavy (non-hydrogen) atoms. The second kappa shape index (κ2) is 11.5. The van der Waals surface area contributed by atoms with Gasteiger partial charge in [-0.05, 0) is 43.5 Å². The van der Waals surface area contributed by atoms with Gasteiger partial charge < -0.3 is 4.90 Å². The smallest absolute Gasteiger partial charge is 0.283 e. The third-order valence-electron chi connectivity index (χ3n) is 6.46. The van der Waals surface area contributed by atoms with Crippen LogP contribution in [0.1, 0.15) is 43.6 Å². The molecule has 3 aromatic rings. The summed E-state index contributed by atoms with van der Waals surface area (Å²) in [6.07, 6.45) is 1.70. The first kappa shape index (κ1) is 28.1. The van der Waals surface area contributed by atoms with Crippen LogP contribution in [0, 0.1) is 10.1 Å². The molecule has 12 heteroatoms. The Morgan fingerprint density at radius 2 is 1.46 bits per heavy atom. The summed E-state index contributed by atoms with van der Waals surface area (Å²) in [5.74, 6) is -1.12. The molecule has 0 atom stereocenters. The van der Waals surface area contributed by atoms with Crippen LogP contribution in [0.4, 0.5) is 5.69 Å². The van der Waals surface area contributed by atoms with E-state index in [0.717, 1.165) is 0 Å². The Bertz CT molecular complexity index is 1560. The molecular weight excluding hydrogens is 542 g/mol. The molecule has 1 aliphatic rings. The summed E-state index contributed by atoms with van der Waals surface area (Å²) in [7, 11) is -3.82. The van der Waals surface area contributed by atoms with E-state index in [1.807, 2.05) is 0 Å². The fraction of sp³-hybridized carbons (Fsp3) is 0.222. The SMILES string of the molecule is CSc1ccc(C(=O)c2ccccc2C(=O)N2CCN(S(=O)(=O)c3ccc(C(C)=O)cc3)CC2)cc1[N+](=O)[O-]. The van der Waals surface area contributed by atoms with Crippen LogP contribution < -0.4 is 0 Å². The maximum Gasteiger partial charge on any atom is 0.283 e. The van der Waals surface area contributed by atoms with E-state index >= 15 is 0 Å². The van der Waals surface area contributed by atoms with Gasteiger partial charge in [0.25, 0.3) is 11.6 Å². The molecule has 1 fully saturated rings. The maximum atomic E-state index is 13.4. The van der Waals surface area contributed by atoms with Crippen LogP contribution in [0.2, 0.25) is 0 Å². The largest absolute Gasteiger partial charge is 0.336 e. The van der Waals surface area contributed by atoms with Crippen molar-refractivity contribution in [1.29, 1.82) is 0 Å². The van der Waals surface area contributed by atoms with Crippen molar-refractivity contribution < 1.29 is 27.7 Å². The molecule has 1 amide bonds. The van der Waals surface area contributed by atoms with Crippen LogP contribution in [0.15, 0.2) is 76.5 Å². The van der Waals surface area contributed by atoms with E-state index in [1.54, 1.807) is 18.4 Å². The molecule has 4 rings (SSSR count). The second-order valence-corrected chi connectivity index (χ2v) is 11.6. The Morgan fingerprint density at radius 1 is 0.872 bits per heavy atom. The lowest BCUT2D eigenvalue weighted by molar-refractivity contribution is -0.387. The quantitative estimate of drug-likeness (QED) is 0.173. The lowest BCUT2D eigenvalue weighted by atomic mass is 9.97. The van der Waals surface area contributed by atoms with Crippen LogP contribution >= 0.6 is 11.8 Å². The van der Waals surface area contributed by atoms with Gasteiger partial charge in [0.1, 0.15) is 0 Å². The number of carbonyl (C=O) groups excluding carboxylic acids is 3. The maximum absolute atomic E-state index is 13.4. The number of carbonyl (C=O) groups is 3. The van der Waals surface area contributed by atoms with Crippen LogP contribution in [-0.2, 0) is 10.0 Å². The molecule has 0 radical (unpaired) electrons. The molecule has 1 aliphatic heterocycles. The van der Waals surface area contributed by atoms with Crippen molar-refractivity contribution in [3.05, 3.63) is 99.1 Å². The number of rotatable bonds is 8. The summed E-state index contributed by atoms with van der Waals surface area (Å²) < 4.78 is 27.4. The van der Waals surface area contributed by atoms with Gasteiger partial charge in [-0.25, -0.2) is 8.42 Å². The van der Waals surface area contributed by atoms with Crippen molar-refractivity contribution in [1.82, 2.24) is 9.21 Å². The summed E-state index contributed by atoms with van der Waals surface area (Å²) in [5, 5.41) is 11.5. The number of piperazine rings is 1. The fourth-order valence-corrected chi connectivity index (χ4v) is 6.28. The number of sulfonamides is 1. The van der Waals surface area contributed by atoms with Crippen LogP contribution in [0.5, 0.6) is 0 Å². The molecule has 10 nitrogen and oxygen atoms in total. The second-order valence-electron chi connectivity index (χ2n) is 8.80. The normalized spacial score (nSPS) is 14.2. The number of nitro benzene ring substituents is 1. The lowest BCUT2D eigenvalue weighted by Crippen LogP contribution is -2.50. The van der Waals surface area contributed by atoms with E-state index in [1.165, 1.54) is 82.5 Å². The highest BCUT2D eigenvalue weighted by Gasteiger charge is 2.32. The summed E-state index contributed by atoms with van der Waals surface area (Å²) in [6.45, 7) is 1.73. The minimum absolute atomic E-state index is 0.0565. The Kier molecular flexibility index (Phi) is 8.28. The van der Waals surface area contributed by atoms with Crippen molar-refractivity contribution >= 4 is 44.9 Å². The first-order valence-corrected chi connectivity index (χ1v) is 14.6. The molecule has 1 heterocycles. The van der Waals surface area contributed by atoms with Crippen molar-refractivity contribution in [2.45, 2.75) is 16.7 Å². The van der Waals surface area contributed by atoms with E-state index in [4.69, 9.17) is 0 Å². The Hall–Kier alpha value is -3.87. The molecule has 0 saturated carbocycles. The van der Waals surface area contributed by atoms with Gasteiger partial charge in [0.15, 0.2) is 11.6 Å². The zero-order chi connectivity index (χ0) is 28.3. The summed E-state index contributed by atoms with van der Waals surface area (Å²) in [6, 6.07) is 16.2. The minimum Gasteiger partial charge on any atom is -0.336 e. The molecule has 3 aromatic carbocycles. The van der Waals surface area contributed by atoms with Gasteiger partial charge in [-0.15, -0.1) is 11.8 Å². The number of nitro groups is 1. The monoisotopic (exact) mass is 567 g/mol. The lowest BCUT2D eigenvalue weighted by Gasteiger charge is -2.34. The molecule has 202 valence electrons. The molecule has 0 N–H and O–H groups in total. The fourth-order valence-electron chi connectivity index (χ4n) is 4.31. The Balaban J connectivity index is 1.52. The average molecular weight is 568 g/mol. The van der Waals surface area contributed by atoms with Gasteiger partial charge in [-0.2, -0.15) is 4.31 Å². The van der Waals surface area contributed by atoms with Gasteiger partial charge in [0.05, 0.1) is 20.3 Å². The van der Waals surface area contributed by atoms with Crippen molar-refractivity contribution in [2.75, 3.05) is 32.4 Å². The predicted octanol–water partition coefficient (Wildman–Crippen LogP) is 3.90. The summed E-state index contributed by atoms with van der Waals surface area (Å²) >= 11 is 1.19. The van der Waals surface area contributed by atoms with Crippen molar-refractivity contribution in [2.24, 2.45) is 0 Å². The summed E-state index contributed by atoms with van der Waals surface area (Å²) in [5.41, 5.74) is 0.550. The number of thioether (sulfide) groups is 1. The highest BCUT2D eigenvalue weighted by atomic mass is 32.2. The molecule has 1 saturated heterocycles. The predicted molar refractivity (Wildman–Crippen MR) is 146 cm³/mol. The van der Waals surface area contributed by atoms with E-state index in [2.05, 4.69) is 0 Å². The minimum atomic E-state index is -3.82. The zero-order valence-corrected chi connectivity index (χ0v) is 22.8. The number of hydrogen-bond acceptors (Lipinski definition) is 8. The average Bonchev–Trinajstić information content (AvgIpc) is 2.96. The first-order chi connectivity index (χ1) is 18.5. The van der Waals surface area contributed by atoms with Gasteiger partial charge in [-0.3, -0.25) is 24.5 Å². The Morgan fingerprint density at radius 3 is 2.03 bits per heavy atom.